The normalized spacial score (nSPS) is 12.0. The first kappa shape index (κ1) is 25.2. The maximum absolute atomic E-state index is 5.37. The summed E-state index contributed by atoms with van der Waals surface area (Å²) in [7, 11) is 3.59. The van der Waals surface area contributed by atoms with Gasteiger partial charge in [-0.05, 0) is 59.2 Å². The summed E-state index contributed by atoms with van der Waals surface area (Å²) in [6.07, 6.45) is 4.15. The summed E-state index contributed by atoms with van der Waals surface area (Å²) in [5.74, 6) is 0. The molecular weight excluding hydrogens is 577 g/mol. The number of nitrogens with one attached hydrogen (secondary N) is 2. The lowest BCUT2D eigenvalue weighted by Gasteiger charge is -2.11. The number of hydrogen-bond acceptors (Lipinski definition) is 4. The second-order valence-electron chi connectivity index (χ2n) is 10.9. The fourth-order valence-electron chi connectivity index (χ4n) is 6.15. The average Bonchev–Trinajstić information content (AvgIpc) is 3.81. The summed E-state index contributed by atoms with van der Waals surface area (Å²) in [5.41, 5.74) is 14.7. The first-order valence-corrected chi connectivity index (χ1v) is 16.7. The van der Waals surface area contributed by atoms with Crippen molar-refractivity contribution >= 4 is 54.9 Å². The molecule has 3 aromatic carbocycles. The molecule has 4 aromatic heterocycles. The summed E-state index contributed by atoms with van der Waals surface area (Å²) in [5, 5.41) is 0. The average molecular weight is 601 g/mol. The largest absolute Gasteiger partial charge is 0.355 e. The van der Waals surface area contributed by atoms with E-state index in [2.05, 4.69) is 143 Å². The molecule has 0 atom stereocenters. The molecule has 8 bridgehead atoms. The smallest absolute Gasteiger partial charge is 0.0933 e. The van der Waals surface area contributed by atoms with Crippen molar-refractivity contribution in [2.45, 2.75) is 0 Å². The number of aromatic nitrogens is 4. The van der Waals surface area contributed by atoms with E-state index in [1.54, 1.807) is 20.7 Å². The van der Waals surface area contributed by atoms with E-state index in [1.165, 1.54) is 9.75 Å². The summed E-state index contributed by atoms with van der Waals surface area (Å²) in [6, 6.07) is 42.6. The molecule has 9 rings (SSSR count). The summed E-state index contributed by atoms with van der Waals surface area (Å²) >= 11 is 0. The fraction of sp³-hybridized carbons (Fsp3) is 0. The molecule has 7 aromatic rings. The molecule has 0 aliphatic carbocycles. The molecule has 2 N–H and O–H groups in total. The molecule has 0 saturated heterocycles. The Morgan fingerprint density at radius 3 is 1.68 bits per heavy atom. The molecule has 2 aliphatic heterocycles. The number of benzene rings is 3. The number of aromatic amines is 2. The van der Waals surface area contributed by atoms with Gasteiger partial charge in [-0.2, -0.15) is 0 Å². The van der Waals surface area contributed by atoms with Crippen molar-refractivity contribution in [1.29, 1.82) is 0 Å². The lowest BCUT2D eigenvalue weighted by Crippen LogP contribution is -1.87. The molecule has 44 heavy (non-hydrogen) atoms. The lowest BCUT2D eigenvalue weighted by molar-refractivity contribution is 1.32. The van der Waals surface area contributed by atoms with Gasteiger partial charge in [-0.3, -0.25) is 0 Å². The molecule has 0 radical (unpaired) electrons. The van der Waals surface area contributed by atoms with Gasteiger partial charge in [0.05, 0.1) is 38.0 Å². The van der Waals surface area contributed by atoms with Gasteiger partial charge < -0.3 is 9.97 Å². The zero-order chi connectivity index (χ0) is 29.0. The van der Waals surface area contributed by atoms with Gasteiger partial charge in [-0.1, -0.05) is 112 Å². The van der Waals surface area contributed by atoms with Crippen molar-refractivity contribution < 1.29 is 0 Å². The van der Waals surface area contributed by atoms with Gasteiger partial charge >= 0.3 is 0 Å². The van der Waals surface area contributed by atoms with Crippen LogP contribution in [0.15, 0.2) is 121 Å². The molecule has 4 nitrogen and oxygen atoms in total. The van der Waals surface area contributed by atoms with E-state index < -0.39 is 0 Å². The highest BCUT2D eigenvalue weighted by Crippen LogP contribution is 2.53. The van der Waals surface area contributed by atoms with Gasteiger partial charge in [0.25, 0.3) is 0 Å². The van der Waals surface area contributed by atoms with Crippen LogP contribution in [-0.2, 0) is 0 Å². The van der Waals surface area contributed by atoms with Gasteiger partial charge in [-0.15, -0.1) is 0 Å². The molecule has 6 heteroatoms. The van der Waals surface area contributed by atoms with Crippen LogP contribution in [0, 0.1) is 0 Å². The van der Waals surface area contributed by atoms with Gasteiger partial charge in [-0.25, -0.2) is 9.97 Å². The van der Waals surface area contributed by atoms with Gasteiger partial charge in [0, 0.05) is 33.2 Å². The highest BCUT2D eigenvalue weighted by atomic mass is 32.9. The van der Waals surface area contributed by atoms with Crippen molar-refractivity contribution in [2.75, 3.05) is 0 Å². The van der Waals surface area contributed by atoms with Crippen LogP contribution >= 0.6 is 20.7 Å². The topological polar surface area (TPSA) is 57.4 Å². The summed E-state index contributed by atoms with van der Waals surface area (Å²) in [4.78, 5) is 20.3. The second-order valence-corrected chi connectivity index (χ2v) is 13.1. The molecule has 0 saturated carbocycles. The molecular formula is C38H24N4S2. The van der Waals surface area contributed by atoms with E-state index >= 15 is 0 Å². The van der Waals surface area contributed by atoms with E-state index in [0.717, 1.165) is 78.2 Å². The standard InChI is InChI=1S/C38H24N4S2/c1-4-10-23(11-5-1)32-30-21-28-18-16-26(39-28)20-27-17-19-29(40-27)22-31-37-38(44-43-37)36(42-31)34(25-14-8-3-9-15-25)35(41-30)33(32)24-12-6-2-7-13-24/h1-22,40-41H. The van der Waals surface area contributed by atoms with Gasteiger partial charge in [0.15, 0.2) is 0 Å². The third kappa shape index (κ3) is 4.19. The van der Waals surface area contributed by atoms with Gasteiger partial charge in [0.2, 0.25) is 0 Å². The number of nitrogens with zero attached hydrogens (tertiary/aromatic N) is 2. The highest BCUT2D eigenvalue weighted by Gasteiger charge is 2.28. The van der Waals surface area contributed by atoms with E-state index in [4.69, 9.17) is 9.97 Å². The van der Waals surface area contributed by atoms with Crippen LogP contribution in [0.3, 0.4) is 0 Å². The first-order valence-electron chi connectivity index (χ1n) is 14.5. The molecule has 0 fully saturated rings. The molecule has 0 amide bonds. The molecule has 2 aliphatic rings. The third-order valence-electron chi connectivity index (χ3n) is 8.10. The van der Waals surface area contributed by atoms with Gasteiger partial charge in [0.1, 0.15) is 0 Å². The molecule has 208 valence electrons. The Labute approximate surface area is 261 Å². The Bertz CT molecular complexity index is 2370. The zero-order valence-corrected chi connectivity index (χ0v) is 25.0. The van der Waals surface area contributed by atoms with Crippen molar-refractivity contribution in [2.24, 2.45) is 0 Å². The van der Waals surface area contributed by atoms with Crippen LogP contribution in [0.1, 0.15) is 11.4 Å². The first-order chi connectivity index (χ1) is 21.8. The maximum Gasteiger partial charge on any atom is 0.0933 e. The Hall–Kier alpha value is -5.30. The van der Waals surface area contributed by atoms with E-state index in [1.807, 2.05) is 0 Å². The predicted molar refractivity (Wildman–Crippen MR) is 186 cm³/mol. The molecule has 0 spiro atoms. The van der Waals surface area contributed by atoms with Crippen LogP contribution in [0.2, 0.25) is 0 Å². The molecule has 0 unspecified atom stereocenters. The number of H-pyrrole nitrogens is 2. The van der Waals surface area contributed by atoms with Crippen LogP contribution in [-0.4, -0.2) is 19.9 Å². The highest BCUT2D eigenvalue weighted by molar-refractivity contribution is 7.75. The SMILES string of the molecule is C1=Cc2cc3[nH]c(c(-c4ccccc4)c4nc(cc5ccc(cc1n2)[nH]5)-c1ssc1-4)c(-c1ccccc1)c3-c1ccccc1. The fourth-order valence-corrected chi connectivity index (χ4v) is 8.26. The third-order valence-corrected chi connectivity index (χ3v) is 10.7. The van der Waals surface area contributed by atoms with E-state index in [-0.39, 0.29) is 0 Å². The van der Waals surface area contributed by atoms with E-state index in [0.29, 0.717) is 0 Å². The maximum atomic E-state index is 5.37. The Balaban J connectivity index is 1.54. The Kier molecular flexibility index (Phi) is 5.82. The second kappa shape index (κ2) is 10.2. The zero-order valence-electron chi connectivity index (χ0n) is 23.4. The Morgan fingerprint density at radius 1 is 0.477 bits per heavy atom. The van der Waals surface area contributed by atoms with Crippen LogP contribution in [0.4, 0.5) is 0 Å². The van der Waals surface area contributed by atoms with Crippen molar-refractivity contribution in [3.05, 3.63) is 133 Å². The van der Waals surface area contributed by atoms with Crippen LogP contribution in [0.5, 0.6) is 0 Å². The van der Waals surface area contributed by atoms with E-state index in [9.17, 15) is 0 Å². The number of hydrogen-bond donors (Lipinski definition) is 2. The summed E-state index contributed by atoms with van der Waals surface area (Å²) < 4.78 is 0. The minimum atomic E-state index is 0.900. The minimum absolute atomic E-state index is 0.900. The summed E-state index contributed by atoms with van der Waals surface area (Å²) in [6.45, 7) is 0. The van der Waals surface area contributed by atoms with Crippen LogP contribution < -0.4 is 0 Å². The molecule has 6 heterocycles. The predicted octanol–water partition coefficient (Wildman–Crippen LogP) is 10.9. The Morgan fingerprint density at radius 2 is 1.05 bits per heavy atom. The minimum Gasteiger partial charge on any atom is -0.355 e. The number of fused-ring (bicyclic) bond motifs is 11. The van der Waals surface area contributed by atoms with Crippen LogP contribution in [0.25, 0.3) is 88.7 Å². The quantitative estimate of drug-likeness (QED) is 0.198. The van der Waals surface area contributed by atoms with Crippen molar-refractivity contribution in [3.63, 3.8) is 0 Å². The van der Waals surface area contributed by atoms with Crippen molar-refractivity contribution in [3.8, 4) is 54.5 Å². The lowest BCUT2D eigenvalue weighted by atomic mass is 9.93. The monoisotopic (exact) mass is 600 g/mol. The van der Waals surface area contributed by atoms with Crippen molar-refractivity contribution in [1.82, 2.24) is 19.9 Å². The number of rotatable bonds is 3.